The van der Waals surface area contributed by atoms with Gasteiger partial charge in [-0.25, -0.2) is 18.6 Å². The third kappa shape index (κ3) is 5.06. The third-order valence-electron chi connectivity index (χ3n) is 6.16. The van der Waals surface area contributed by atoms with Crippen LogP contribution in [0.5, 0.6) is 0 Å². The summed E-state index contributed by atoms with van der Waals surface area (Å²) < 4.78 is 36.4. The molecule has 0 amide bonds. The average Bonchev–Trinajstić information content (AvgIpc) is 3.28. The number of hydrogen-bond donors (Lipinski definition) is 0. The lowest BCUT2D eigenvalue weighted by molar-refractivity contribution is -2.00. The van der Waals surface area contributed by atoms with Crippen LogP contribution in [-0.2, 0) is 6.42 Å². The number of para-hydroxylation sites is 1. The first-order valence-electron chi connectivity index (χ1n) is 11.4. The van der Waals surface area contributed by atoms with Crippen LogP contribution in [0.1, 0.15) is 11.1 Å². The number of hydrogen-bond acceptors (Lipinski definition) is 4. The molecule has 0 bridgehead atoms. The zero-order chi connectivity index (χ0) is 25.1. The molecule has 1 aliphatic carbocycles. The monoisotopic (exact) mass is 495 g/mol. The van der Waals surface area contributed by atoms with Crippen molar-refractivity contribution in [2.75, 3.05) is 0 Å². The van der Waals surface area contributed by atoms with Crippen LogP contribution in [0.15, 0.2) is 121 Å². The Kier molecular flexibility index (Phi) is 6.65. The normalized spacial score (nSPS) is 11.8. The molecule has 5 nitrogen and oxygen atoms in total. The fourth-order valence-corrected chi connectivity index (χ4v) is 4.77. The molecule has 36 heavy (non-hydrogen) atoms. The minimum Gasteiger partial charge on any atom is -0.222 e. The number of fused-ring (bicyclic) bond motifs is 3. The number of rotatable bonds is 3. The highest BCUT2D eigenvalue weighted by Crippen LogP contribution is 2.42. The van der Waals surface area contributed by atoms with E-state index in [9.17, 15) is 0 Å². The summed E-state index contributed by atoms with van der Waals surface area (Å²) in [4.78, 5) is 0. The third-order valence-corrected chi connectivity index (χ3v) is 6.16. The number of nitrogens with zero attached hydrogens (tertiary/aromatic N) is 1. The average molecular weight is 496 g/mol. The molecule has 0 N–H and O–H groups in total. The lowest BCUT2D eigenvalue weighted by atomic mass is 9.95. The Hall–Kier alpha value is -3.84. The van der Waals surface area contributed by atoms with Crippen molar-refractivity contribution >= 4 is 0 Å². The summed E-state index contributed by atoms with van der Waals surface area (Å²) in [6.45, 7) is 0. The van der Waals surface area contributed by atoms with Gasteiger partial charge in [-0.2, -0.15) is 4.57 Å². The molecule has 5 aromatic rings. The first-order valence-corrected chi connectivity index (χ1v) is 12.6. The van der Waals surface area contributed by atoms with Gasteiger partial charge in [0.1, 0.15) is 0 Å². The van der Waals surface area contributed by atoms with Gasteiger partial charge in [0.15, 0.2) is 0 Å². The van der Waals surface area contributed by atoms with E-state index in [0.717, 1.165) is 6.42 Å². The van der Waals surface area contributed by atoms with Crippen LogP contribution < -0.4 is 23.2 Å². The standard InChI is InChI=1S/C30H22N.ClHO4/c1-4-12-22(13-5-1)27-21-29(23-14-6-2-7-15-23)31(25-17-8-3-9-18-25)30-26-19-11-10-16-24(26)20-28(27)30;2-1(3,4)5/h1-19,21H,20H2;(H,2,3,4,5)/q+1;/p-1. The van der Waals surface area contributed by atoms with Gasteiger partial charge in [0, 0.05) is 35.7 Å². The van der Waals surface area contributed by atoms with E-state index in [0.29, 0.717) is 0 Å². The first-order chi connectivity index (χ1) is 17.4. The predicted octanol–water partition coefficient (Wildman–Crippen LogP) is 2.11. The van der Waals surface area contributed by atoms with Crippen LogP contribution in [0, 0.1) is 10.2 Å². The minimum absolute atomic E-state index is 0.956. The summed E-state index contributed by atoms with van der Waals surface area (Å²) in [5.74, 6) is 0. The minimum atomic E-state index is -4.94. The Morgan fingerprint density at radius 2 is 1.06 bits per heavy atom. The smallest absolute Gasteiger partial charge is 0.222 e. The lowest BCUT2D eigenvalue weighted by Gasteiger charge is -2.17. The Bertz CT molecular complexity index is 1480. The highest BCUT2D eigenvalue weighted by Gasteiger charge is 2.34. The number of aromatic nitrogens is 1. The summed E-state index contributed by atoms with van der Waals surface area (Å²) in [7, 11) is -4.94. The van der Waals surface area contributed by atoms with Crippen molar-refractivity contribution in [2.24, 2.45) is 0 Å². The molecular formula is C30H22ClNO4. The van der Waals surface area contributed by atoms with Crippen molar-refractivity contribution in [1.29, 1.82) is 0 Å². The largest absolute Gasteiger partial charge is 0.223 e. The fourth-order valence-electron chi connectivity index (χ4n) is 4.77. The van der Waals surface area contributed by atoms with Crippen LogP contribution >= 0.6 is 0 Å². The van der Waals surface area contributed by atoms with Crippen LogP contribution in [0.3, 0.4) is 0 Å². The molecule has 1 heterocycles. The predicted molar refractivity (Wildman–Crippen MR) is 127 cm³/mol. The maximum absolute atomic E-state index is 8.49. The topological polar surface area (TPSA) is 96.1 Å². The fraction of sp³-hybridized carbons (Fsp3) is 0.0333. The summed E-state index contributed by atoms with van der Waals surface area (Å²) in [5.41, 5.74) is 11.6. The van der Waals surface area contributed by atoms with Gasteiger partial charge in [-0.15, -0.1) is 10.2 Å². The van der Waals surface area contributed by atoms with Gasteiger partial charge in [0.25, 0.3) is 0 Å². The lowest BCUT2D eigenvalue weighted by Crippen LogP contribution is -2.68. The molecule has 0 spiro atoms. The summed E-state index contributed by atoms with van der Waals surface area (Å²) in [6, 6.07) is 43.5. The zero-order valence-corrected chi connectivity index (χ0v) is 20.0. The molecule has 6 heteroatoms. The van der Waals surface area contributed by atoms with Gasteiger partial charge in [-0.05, 0) is 34.9 Å². The summed E-state index contributed by atoms with van der Waals surface area (Å²) in [6.07, 6.45) is 0.956. The molecule has 0 unspecified atom stereocenters. The number of pyridine rings is 1. The van der Waals surface area contributed by atoms with E-state index >= 15 is 0 Å². The molecule has 4 aromatic carbocycles. The molecule has 0 saturated carbocycles. The second-order valence-corrected chi connectivity index (χ2v) is 9.14. The molecule has 6 rings (SSSR count). The van der Waals surface area contributed by atoms with Gasteiger partial charge in [0.2, 0.25) is 17.1 Å². The zero-order valence-electron chi connectivity index (χ0n) is 19.2. The number of halogens is 1. The van der Waals surface area contributed by atoms with Crippen molar-refractivity contribution < 1.29 is 33.4 Å². The van der Waals surface area contributed by atoms with E-state index in [1.807, 2.05) is 0 Å². The quantitative estimate of drug-likeness (QED) is 0.351. The Morgan fingerprint density at radius 1 is 0.556 bits per heavy atom. The Labute approximate surface area is 211 Å². The van der Waals surface area contributed by atoms with Crippen molar-refractivity contribution in [3.8, 4) is 39.3 Å². The molecule has 0 fully saturated rings. The second kappa shape index (κ2) is 10.0. The van der Waals surface area contributed by atoms with Gasteiger partial charge in [0.05, 0.1) is 5.56 Å². The van der Waals surface area contributed by atoms with E-state index in [1.54, 1.807) is 0 Å². The Balaban J connectivity index is 0.000000489. The molecule has 0 aliphatic heterocycles. The maximum Gasteiger partial charge on any atom is 0.223 e. The van der Waals surface area contributed by atoms with E-state index < -0.39 is 10.2 Å². The van der Waals surface area contributed by atoms with Crippen LogP contribution in [0.4, 0.5) is 0 Å². The van der Waals surface area contributed by atoms with Crippen molar-refractivity contribution in [3.63, 3.8) is 0 Å². The maximum atomic E-state index is 8.49. The second-order valence-electron chi connectivity index (χ2n) is 8.39. The highest BCUT2D eigenvalue weighted by molar-refractivity contribution is 5.83. The first kappa shape index (κ1) is 23.9. The molecule has 1 aliphatic rings. The van der Waals surface area contributed by atoms with E-state index in [2.05, 4.69) is 126 Å². The molecule has 0 radical (unpaired) electrons. The molecule has 178 valence electrons. The summed E-state index contributed by atoms with van der Waals surface area (Å²) >= 11 is 0. The van der Waals surface area contributed by atoms with Crippen molar-refractivity contribution in [2.45, 2.75) is 6.42 Å². The van der Waals surface area contributed by atoms with Crippen LogP contribution in [-0.4, -0.2) is 0 Å². The van der Waals surface area contributed by atoms with E-state index in [-0.39, 0.29) is 0 Å². The molecular weight excluding hydrogens is 474 g/mol. The van der Waals surface area contributed by atoms with Gasteiger partial charge in [-0.1, -0.05) is 84.9 Å². The molecule has 0 atom stereocenters. The molecule has 0 saturated heterocycles. The van der Waals surface area contributed by atoms with Crippen molar-refractivity contribution in [3.05, 3.63) is 132 Å². The molecule has 1 aromatic heterocycles. The Morgan fingerprint density at radius 3 is 1.67 bits per heavy atom. The van der Waals surface area contributed by atoms with E-state index in [1.165, 1.54) is 50.5 Å². The van der Waals surface area contributed by atoms with Gasteiger partial charge >= 0.3 is 0 Å². The number of benzene rings is 4. The SMILES string of the molecule is [O-][Cl+3]([O-])([O-])[O-].c1ccc(-c2cc(-c3ccccc3)[n+](-c3ccccc3)c3c2Cc2ccccc2-3)cc1. The van der Waals surface area contributed by atoms with E-state index in [4.69, 9.17) is 18.6 Å². The van der Waals surface area contributed by atoms with Gasteiger partial charge in [-0.3, -0.25) is 0 Å². The van der Waals surface area contributed by atoms with Crippen LogP contribution in [0.2, 0.25) is 0 Å². The van der Waals surface area contributed by atoms with Crippen molar-refractivity contribution in [1.82, 2.24) is 0 Å². The van der Waals surface area contributed by atoms with Gasteiger partial charge < -0.3 is 0 Å². The summed E-state index contributed by atoms with van der Waals surface area (Å²) in [5, 5.41) is 0. The highest BCUT2D eigenvalue weighted by atomic mass is 35.7. The van der Waals surface area contributed by atoms with Crippen LogP contribution in [0.25, 0.3) is 39.3 Å².